The molecule has 1 unspecified atom stereocenters. The Bertz CT molecular complexity index is 411. The minimum atomic E-state index is -0.164. The number of rotatable bonds is 3. The Hall–Kier alpha value is -0.930. The van der Waals surface area contributed by atoms with Gasteiger partial charge in [0.05, 0.1) is 0 Å². The van der Waals surface area contributed by atoms with Crippen LogP contribution < -0.4 is 5.32 Å². The maximum absolute atomic E-state index is 13.0. The second kappa shape index (κ2) is 5.59. The van der Waals surface area contributed by atoms with Crippen LogP contribution in [0, 0.1) is 11.7 Å². The molecule has 1 aliphatic heterocycles. The lowest BCUT2D eigenvalue weighted by atomic mass is 9.92. The van der Waals surface area contributed by atoms with Crippen molar-refractivity contribution in [3.05, 3.63) is 35.6 Å². The van der Waals surface area contributed by atoms with E-state index in [4.69, 9.17) is 0 Å². The first kappa shape index (κ1) is 14.5. The van der Waals surface area contributed by atoms with Gasteiger partial charge >= 0.3 is 0 Å². The molecule has 2 nitrogen and oxygen atoms in total. The molecular weight excluding hydrogens is 239 g/mol. The molecule has 0 aromatic heterocycles. The van der Waals surface area contributed by atoms with Crippen LogP contribution in [0.5, 0.6) is 0 Å². The van der Waals surface area contributed by atoms with Gasteiger partial charge < -0.3 is 5.32 Å². The van der Waals surface area contributed by atoms with Crippen molar-refractivity contribution in [3.63, 3.8) is 0 Å². The third kappa shape index (κ3) is 3.54. The van der Waals surface area contributed by atoms with Gasteiger partial charge in [-0.2, -0.15) is 0 Å². The van der Waals surface area contributed by atoms with Crippen LogP contribution >= 0.6 is 0 Å². The van der Waals surface area contributed by atoms with E-state index in [9.17, 15) is 4.39 Å². The zero-order valence-corrected chi connectivity index (χ0v) is 12.4. The number of piperazine rings is 1. The zero-order valence-electron chi connectivity index (χ0n) is 12.4. The van der Waals surface area contributed by atoms with Crippen molar-refractivity contribution in [2.75, 3.05) is 13.1 Å². The quantitative estimate of drug-likeness (QED) is 0.902. The molecule has 3 heteroatoms. The van der Waals surface area contributed by atoms with Gasteiger partial charge in [-0.1, -0.05) is 26.0 Å². The predicted molar refractivity (Wildman–Crippen MR) is 77.5 cm³/mol. The van der Waals surface area contributed by atoms with Crippen molar-refractivity contribution in [2.45, 2.75) is 45.8 Å². The van der Waals surface area contributed by atoms with Crippen LogP contribution in [0.1, 0.15) is 33.3 Å². The van der Waals surface area contributed by atoms with Gasteiger partial charge in [-0.05, 0) is 37.5 Å². The highest BCUT2D eigenvalue weighted by Crippen LogP contribution is 2.23. The van der Waals surface area contributed by atoms with Crippen molar-refractivity contribution < 1.29 is 4.39 Å². The van der Waals surface area contributed by atoms with Gasteiger partial charge in [0, 0.05) is 31.2 Å². The normalized spacial score (nSPS) is 23.8. The summed E-state index contributed by atoms with van der Waals surface area (Å²) in [7, 11) is 0. The molecule has 1 aromatic rings. The molecule has 0 spiro atoms. The lowest BCUT2D eigenvalue weighted by Gasteiger charge is -2.47. The zero-order chi connectivity index (χ0) is 14.0. The maximum atomic E-state index is 13.0. The van der Waals surface area contributed by atoms with E-state index in [0.717, 1.165) is 19.6 Å². The fourth-order valence-electron chi connectivity index (χ4n) is 2.58. The molecule has 0 bridgehead atoms. The number of hydrogen-bond donors (Lipinski definition) is 1. The van der Waals surface area contributed by atoms with Crippen LogP contribution in [-0.4, -0.2) is 29.6 Å². The lowest BCUT2D eigenvalue weighted by Crippen LogP contribution is -2.62. The van der Waals surface area contributed by atoms with E-state index in [1.807, 2.05) is 12.1 Å². The SMILES string of the molecule is CC(C)C1CN(Cc2ccc(F)cc2)C(C)(C)CN1. The monoisotopic (exact) mass is 264 g/mol. The molecule has 2 rings (SSSR count). The predicted octanol–water partition coefficient (Wildman–Crippen LogP) is 3.03. The first-order valence-corrected chi connectivity index (χ1v) is 7.11. The molecule has 1 aromatic carbocycles. The highest BCUT2D eigenvalue weighted by atomic mass is 19.1. The maximum Gasteiger partial charge on any atom is 0.123 e. The number of hydrogen-bond acceptors (Lipinski definition) is 2. The fourth-order valence-corrected chi connectivity index (χ4v) is 2.58. The molecule has 106 valence electrons. The average Bonchev–Trinajstić information content (AvgIpc) is 2.34. The molecule has 1 atom stereocenters. The van der Waals surface area contributed by atoms with E-state index in [1.54, 1.807) is 12.1 Å². The molecule has 0 aliphatic carbocycles. The summed E-state index contributed by atoms with van der Waals surface area (Å²) < 4.78 is 13.0. The van der Waals surface area contributed by atoms with E-state index in [1.165, 1.54) is 5.56 Å². The summed E-state index contributed by atoms with van der Waals surface area (Å²) in [6.45, 7) is 12.0. The Morgan fingerprint density at radius 2 is 1.95 bits per heavy atom. The minimum Gasteiger partial charge on any atom is -0.311 e. The standard InChI is InChI=1S/C16H25FN2/c1-12(2)15-10-19(16(3,4)11-18-15)9-13-5-7-14(17)8-6-13/h5-8,12,15,18H,9-11H2,1-4H3. The van der Waals surface area contributed by atoms with E-state index >= 15 is 0 Å². The smallest absolute Gasteiger partial charge is 0.123 e. The highest BCUT2D eigenvalue weighted by Gasteiger charge is 2.34. The molecule has 1 aliphatic rings. The van der Waals surface area contributed by atoms with E-state index < -0.39 is 0 Å². The molecule has 1 N–H and O–H groups in total. The van der Waals surface area contributed by atoms with E-state index in [-0.39, 0.29) is 11.4 Å². The van der Waals surface area contributed by atoms with Crippen LogP contribution in [0.2, 0.25) is 0 Å². The summed E-state index contributed by atoms with van der Waals surface area (Å²) in [4.78, 5) is 2.50. The lowest BCUT2D eigenvalue weighted by molar-refractivity contribution is 0.0474. The third-order valence-electron chi connectivity index (χ3n) is 4.16. The van der Waals surface area contributed by atoms with Gasteiger partial charge in [0.2, 0.25) is 0 Å². The molecular formula is C16H25FN2. The third-order valence-corrected chi connectivity index (χ3v) is 4.16. The summed E-state index contributed by atoms with van der Waals surface area (Å²) in [5.41, 5.74) is 1.32. The van der Waals surface area contributed by atoms with Gasteiger partial charge in [-0.15, -0.1) is 0 Å². The molecule has 1 saturated heterocycles. The largest absolute Gasteiger partial charge is 0.311 e. The van der Waals surface area contributed by atoms with E-state index in [0.29, 0.717) is 12.0 Å². The van der Waals surface area contributed by atoms with Gasteiger partial charge in [0.1, 0.15) is 5.82 Å². The molecule has 0 saturated carbocycles. The van der Waals surface area contributed by atoms with Crippen LogP contribution in [0.4, 0.5) is 4.39 Å². The Kier molecular flexibility index (Phi) is 4.26. The first-order chi connectivity index (χ1) is 8.88. The van der Waals surface area contributed by atoms with Crippen LogP contribution in [-0.2, 0) is 6.54 Å². The van der Waals surface area contributed by atoms with Crippen molar-refractivity contribution in [1.82, 2.24) is 10.2 Å². The average molecular weight is 264 g/mol. The number of nitrogens with zero attached hydrogens (tertiary/aromatic N) is 1. The van der Waals surface area contributed by atoms with Crippen molar-refractivity contribution >= 4 is 0 Å². The topological polar surface area (TPSA) is 15.3 Å². The van der Waals surface area contributed by atoms with Crippen LogP contribution in [0.15, 0.2) is 24.3 Å². The summed E-state index contributed by atoms with van der Waals surface area (Å²) in [5.74, 6) is 0.468. The summed E-state index contributed by atoms with van der Waals surface area (Å²) in [6, 6.07) is 7.40. The van der Waals surface area contributed by atoms with Crippen LogP contribution in [0.3, 0.4) is 0 Å². The molecule has 19 heavy (non-hydrogen) atoms. The highest BCUT2D eigenvalue weighted by molar-refractivity contribution is 5.16. The molecule has 1 fully saturated rings. The van der Waals surface area contributed by atoms with Crippen LogP contribution in [0.25, 0.3) is 0 Å². The van der Waals surface area contributed by atoms with Crippen molar-refractivity contribution in [3.8, 4) is 0 Å². The summed E-state index contributed by atoms with van der Waals surface area (Å²) in [6.07, 6.45) is 0. The summed E-state index contributed by atoms with van der Waals surface area (Å²) >= 11 is 0. The number of halogens is 1. The van der Waals surface area contributed by atoms with Crippen molar-refractivity contribution in [2.24, 2.45) is 5.92 Å². The van der Waals surface area contributed by atoms with Gasteiger partial charge in [-0.25, -0.2) is 4.39 Å². The Morgan fingerprint density at radius 3 is 2.53 bits per heavy atom. The number of benzene rings is 1. The number of nitrogens with one attached hydrogen (secondary N) is 1. The molecule has 1 heterocycles. The molecule has 0 amide bonds. The van der Waals surface area contributed by atoms with Crippen molar-refractivity contribution in [1.29, 1.82) is 0 Å². The minimum absolute atomic E-state index is 0.139. The van der Waals surface area contributed by atoms with Gasteiger partial charge in [0.25, 0.3) is 0 Å². The van der Waals surface area contributed by atoms with E-state index in [2.05, 4.69) is 37.9 Å². The molecule has 0 radical (unpaired) electrons. The first-order valence-electron chi connectivity index (χ1n) is 7.11. The fraction of sp³-hybridized carbons (Fsp3) is 0.625. The second-order valence-electron chi connectivity index (χ2n) is 6.55. The Labute approximate surface area is 116 Å². The Morgan fingerprint density at radius 1 is 1.32 bits per heavy atom. The second-order valence-corrected chi connectivity index (χ2v) is 6.55. The summed E-state index contributed by atoms with van der Waals surface area (Å²) in [5, 5.41) is 3.63. The van der Waals surface area contributed by atoms with Gasteiger partial charge in [-0.3, -0.25) is 4.90 Å². The Balaban J connectivity index is 2.08. The van der Waals surface area contributed by atoms with Gasteiger partial charge in [0.15, 0.2) is 0 Å².